The average Bonchev–Trinajstić information content (AvgIpc) is 2.77. The molecule has 3 heterocycles. The van der Waals surface area contributed by atoms with Gasteiger partial charge in [-0.1, -0.05) is 92.7 Å². The maximum absolute atomic E-state index is 12.6. The molecule has 4 N–H and O–H groups in total. The molecule has 0 saturated carbocycles. The Balaban J connectivity index is 1.97. The van der Waals surface area contributed by atoms with Gasteiger partial charge in [-0.2, -0.15) is 0 Å². The number of carboxylic acids is 1. The number of nitrogens with two attached hydrogens (primary N) is 1. The smallest absolute Gasteiger partial charge is 0.322 e. The van der Waals surface area contributed by atoms with E-state index in [0.29, 0.717) is 6.42 Å². The van der Waals surface area contributed by atoms with Gasteiger partial charge in [0.15, 0.2) is 5.78 Å². The summed E-state index contributed by atoms with van der Waals surface area (Å²) in [6.07, 6.45) is 17.5. The molecule has 0 aliphatic carbocycles. The Hall–Kier alpha value is -0.240. The van der Waals surface area contributed by atoms with E-state index in [-0.39, 0.29) is 15.8 Å². The highest BCUT2D eigenvalue weighted by atomic mass is 33.1. The second-order valence-corrected chi connectivity index (χ2v) is 12.2. The first-order valence-corrected chi connectivity index (χ1v) is 14.8. The molecule has 3 aliphatic heterocycles. The lowest BCUT2D eigenvalue weighted by Gasteiger charge is -2.43. The number of ketones is 1. The van der Waals surface area contributed by atoms with Crippen molar-refractivity contribution in [2.45, 2.75) is 132 Å². The van der Waals surface area contributed by atoms with Crippen LogP contribution in [0.5, 0.6) is 0 Å². The van der Waals surface area contributed by atoms with Crippen molar-refractivity contribution < 1.29 is 14.7 Å². The molecule has 0 aromatic carbocycles. The zero-order valence-corrected chi connectivity index (χ0v) is 21.0. The number of carbonyl (C=O) groups excluding carboxylic acids is 1. The first-order valence-electron chi connectivity index (χ1n) is 12.6. The van der Waals surface area contributed by atoms with Gasteiger partial charge in [-0.25, -0.2) is 0 Å². The molecule has 2 bridgehead atoms. The summed E-state index contributed by atoms with van der Waals surface area (Å²) in [5.41, 5.74) is 6.34. The van der Waals surface area contributed by atoms with E-state index in [2.05, 4.69) is 12.2 Å². The number of fused-ring (bicyclic) bond motifs is 19. The predicted octanol–water partition coefficient (Wildman–Crippen LogP) is 5.70. The molecule has 180 valence electrons. The Morgan fingerprint density at radius 2 is 1.58 bits per heavy atom. The molecule has 5 nitrogen and oxygen atoms in total. The van der Waals surface area contributed by atoms with Crippen molar-refractivity contribution in [1.29, 1.82) is 0 Å². The van der Waals surface area contributed by atoms with Crippen LogP contribution in [0, 0.1) is 0 Å². The largest absolute Gasteiger partial charge is 0.480 e. The van der Waals surface area contributed by atoms with Crippen molar-refractivity contribution in [3.05, 3.63) is 0 Å². The molecule has 7 heteroatoms. The van der Waals surface area contributed by atoms with Crippen molar-refractivity contribution in [2.75, 3.05) is 6.54 Å². The Bertz CT molecular complexity index is 539. The van der Waals surface area contributed by atoms with Crippen LogP contribution in [0.3, 0.4) is 0 Å². The summed E-state index contributed by atoms with van der Waals surface area (Å²) in [6.45, 7) is 2.84. The van der Waals surface area contributed by atoms with E-state index >= 15 is 0 Å². The molecule has 31 heavy (non-hydrogen) atoms. The van der Waals surface area contributed by atoms with Gasteiger partial charge in [0.1, 0.15) is 6.04 Å². The van der Waals surface area contributed by atoms with Gasteiger partial charge in [0.2, 0.25) is 0 Å². The van der Waals surface area contributed by atoms with E-state index in [1.807, 2.05) is 0 Å². The van der Waals surface area contributed by atoms with Gasteiger partial charge in [-0.15, -0.1) is 0 Å². The van der Waals surface area contributed by atoms with Crippen LogP contribution in [0.15, 0.2) is 0 Å². The lowest BCUT2D eigenvalue weighted by molar-refractivity contribution is -0.140. The van der Waals surface area contributed by atoms with E-state index in [9.17, 15) is 14.7 Å². The Morgan fingerprint density at radius 3 is 2.06 bits per heavy atom. The zero-order chi connectivity index (χ0) is 22.5. The fraction of sp³-hybridized carbons (Fsp3) is 0.917. The highest BCUT2D eigenvalue weighted by Crippen LogP contribution is 2.52. The lowest BCUT2D eigenvalue weighted by atomic mass is 9.88. The van der Waals surface area contributed by atoms with Gasteiger partial charge in [0.25, 0.3) is 0 Å². The molecule has 3 saturated heterocycles. The van der Waals surface area contributed by atoms with E-state index in [0.717, 1.165) is 45.1 Å². The molecular weight excluding hydrogens is 428 g/mol. The summed E-state index contributed by atoms with van der Waals surface area (Å²) in [7, 11) is 3.31. The maximum Gasteiger partial charge on any atom is 0.322 e. The summed E-state index contributed by atoms with van der Waals surface area (Å²) in [4.78, 5) is 24.7. The van der Waals surface area contributed by atoms with Gasteiger partial charge >= 0.3 is 5.97 Å². The van der Waals surface area contributed by atoms with Crippen LogP contribution in [0.2, 0.25) is 0 Å². The minimum atomic E-state index is -0.761. The van der Waals surface area contributed by atoms with E-state index in [4.69, 9.17) is 5.73 Å². The third-order valence-corrected chi connectivity index (χ3v) is 11.0. The third-order valence-electron chi connectivity index (χ3n) is 7.03. The summed E-state index contributed by atoms with van der Waals surface area (Å²) >= 11 is 0. The summed E-state index contributed by atoms with van der Waals surface area (Å²) < 4.78 is -0.341. The minimum absolute atomic E-state index is 0.0875. The second-order valence-electron chi connectivity index (χ2n) is 9.39. The molecule has 3 fully saturated rings. The topological polar surface area (TPSA) is 92.4 Å². The monoisotopic (exact) mass is 472 g/mol. The van der Waals surface area contributed by atoms with Crippen LogP contribution < -0.4 is 11.1 Å². The molecule has 4 atom stereocenters. The van der Waals surface area contributed by atoms with Gasteiger partial charge in [-0.05, 0) is 38.6 Å². The number of carboxylic acid groups (broad SMARTS) is 1. The van der Waals surface area contributed by atoms with E-state index < -0.39 is 18.1 Å². The molecule has 0 radical (unpaired) electrons. The van der Waals surface area contributed by atoms with Crippen LogP contribution in [0.1, 0.15) is 110 Å². The van der Waals surface area contributed by atoms with Gasteiger partial charge < -0.3 is 16.2 Å². The normalized spacial score (nSPS) is 33.9. The molecule has 3 rings (SSSR count). The number of hydrogen-bond acceptors (Lipinski definition) is 6. The molecule has 3 aliphatic rings. The van der Waals surface area contributed by atoms with Gasteiger partial charge in [-0.3, -0.25) is 9.59 Å². The lowest BCUT2D eigenvalue weighted by Crippen LogP contribution is -2.55. The minimum Gasteiger partial charge on any atom is -0.480 e. The van der Waals surface area contributed by atoms with Crippen molar-refractivity contribution in [3.63, 3.8) is 0 Å². The first-order chi connectivity index (χ1) is 15.0. The van der Waals surface area contributed by atoms with Crippen molar-refractivity contribution >= 4 is 33.3 Å². The standard InChI is InChI=1S/C24H44N2O3S2/c1-2-24-17-16-20(30-31-24)21(25)19(27)15-13-11-9-7-5-3-4-6-8-10-12-14-18-26-22(24)23(28)29/h20-22,26H,2-18,25H2,1H3,(H,28,29). The average molecular weight is 473 g/mol. The van der Waals surface area contributed by atoms with Crippen LogP contribution in [-0.4, -0.2) is 45.5 Å². The summed E-state index contributed by atoms with van der Waals surface area (Å²) in [5, 5.41) is 13.4. The SMILES string of the molecule is CCC12CCC(SS1)C(N)C(=O)CCCCCCCCCCCCCCNC2C(=O)O. The fourth-order valence-electron chi connectivity index (χ4n) is 4.82. The maximum atomic E-state index is 12.6. The van der Waals surface area contributed by atoms with Gasteiger partial charge in [0, 0.05) is 11.7 Å². The Morgan fingerprint density at radius 1 is 1.03 bits per heavy atom. The number of aliphatic carboxylic acids is 1. The molecule has 4 unspecified atom stereocenters. The molecule has 0 aromatic rings. The van der Waals surface area contributed by atoms with E-state index in [1.165, 1.54) is 57.8 Å². The Labute approximate surface area is 197 Å². The number of rotatable bonds is 2. The second kappa shape index (κ2) is 14.8. The quantitative estimate of drug-likeness (QED) is 0.444. The molecule has 0 aromatic heterocycles. The van der Waals surface area contributed by atoms with Crippen LogP contribution in [0.4, 0.5) is 0 Å². The zero-order valence-electron chi connectivity index (χ0n) is 19.4. The van der Waals surface area contributed by atoms with E-state index in [1.54, 1.807) is 21.6 Å². The van der Waals surface area contributed by atoms with Crippen LogP contribution >= 0.6 is 21.6 Å². The van der Waals surface area contributed by atoms with Crippen molar-refractivity contribution in [1.82, 2.24) is 5.32 Å². The first kappa shape index (κ1) is 27.0. The number of Topliss-reactive ketones (excluding diaryl/α,β-unsaturated/α-hetero) is 1. The third kappa shape index (κ3) is 8.90. The molecule has 0 spiro atoms. The number of nitrogens with one attached hydrogen (secondary N) is 1. The van der Waals surface area contributed by atoms with Gasteiger partial charge in [0.05, 0.1) is 10.8 Å². The highest BCUT2D eigenvalue weighted by molar-refractivity contribution is 8.77. The molecular formula is C24H44N2O3S2. The number of hydrogen-bond donors (Lipinski definition) is 3. The predicted molar refractivity (Wildman–Crippen MR) is 134 cm³/mol. The highest BCUT2D eigenvalue weighted by Gasteiger charge is 2.46. The van der Waals surface area contributed by atoms with Crippen molar-refractivity contribution in [2.24, 2.45) is 5.73 Å². The Kier molecular flexibility index (Phi) is 12.9. The van der Waals surface area contributed by atoms with Crippen molar-refractivity contribution in [3.8, 4) is 0 Å². The molecule has 0 amide bonds. The summed E-state index contributed by atoms with van der Waals surface area (Å²) in [5.74, 6) is -0.583. The summed E-state index contributed by atoms with van der Waals surface area (Å²) in [6, 6.07) is -0.984. The van der Waals surface area contributed by atoms with Crippen LogP contribution in [-0.2, 0) is 9.59 Å². The fourth-order valence-corrected chi connectivity index (χ4v) is 8.70. The van der Waals surface area contributed by atoms with Crippen LogP contribution in [0.25, 0.3) is 0 Å². The number of carbonyl (C=O) groups is 2.